The molecule has 0 fully saturated rings. The van der Waals surface area contributed by atoms with Gasteiger partial charge in [-0.15, -0.1) is 11.3 Å². The van der Waals surface area contributed by atoms with Crippen LogP contribution in [0.25, 0.3) is 0 Å². The lowest BCUT2D eigenvalue weighted by atomic mass is 9.95. The van der Waals surface area contributed by atoms with Gasteiger partial charge in [0.05, 0.1) is 30.4 Å². The first kappa shape index (κ1) is 29.7. The molecule has 1 amide bonds. The third-order valence-corrected chi connectivity index (χ3v) is 9.65. The fourth-order valence-electron chi connectivity index (χ4n) is 5.50. The Balaban J connectivity index is 1.34. The van der Waals surface area contributed by atoms with E-state index < -0.39 is 4.92 Å². The molecule has 2 aliphatic rings. The van der Waals surface area contributed by atoms with Gasteiger partial charge in [0.1, 0.15) is 23.0 Å². The van der Waals surface area contributed by atoms with Gasteiger partial charge in [-0.1, -0.05) is 60.1 Å². The van der Waals surface area contributed by atoms with E-state index in [0.717, 1.165) is 37.8 Å². The molecule has 0 unspecified atom stereocenters. The van der Waals surface area contributed by atoms with Gasteiger partial charge in [0.25, 0.3) is 5.69 Å². The Morgan fingerprint density at radius 2 is 1.93 bits per heavy atom. The Kier molecular flexibility index (Phi) is 8.60. The summed E-state index contributed by atoms with van der Waals surface area (Å²) in [5.41, 5.74) is 4.90. The Morgan fingerprint density at radius 1 is 1.16 bits per heavy atom. The number of thiocarbonyl (C=S) groups is 1. The number of aliphatic imine (C=N–C) groups is 1. The maximum Gasteiger partial charge on any atom is 0.296 e. The van der Waals surface area contributed by atoms with Gasteiger partial charge in [0, 0.05) is 34.1 Å². The number of methoxy groups -OCH3 is 1. The van der Waals surface area contributed by atoms with Crippen molar-refractivity contribution >= 4 is 68.3 Å². The maximum absolute atomic E-state index is 13.6. The van der Waals surface area contributed by atoms with E-state index in [1.54, 1.807) is 23.5 Å². The second-order valence-electron chi connectivity index (χ2n) is 10.4. The Labute approximate surface area is 268 Å². The molecule has 0 bridgehead atoms. The predicted octanol–water partition coefficient (Wildman–Crippen LogP) is 6.50. The van der Waals surface area contributed by atoms with Crippen LogP contribution in [-0.4, -0.2) is 53.3 Å². The number of hydrogen-bond acceptors (Lipinski definition) is 7. The predicted molar refractivity (Wildman–Crippen MR) is 179 cm³/mol. The van der Waals surface area contributed by atoms with Crippen LogP contribution in [0.3, 0.4) is 0 Å². The van der Waals surface area contributed by atoms with Gasteiger partial charge in [-0.2, -0.15) is 0 Å². The summed E-state index contributed by atoms with van der Waals surface area (Å²) in [6.45, 7) is 1.62. The molecule has 12 heteroatoms. The Morgan fingerprint density at radius 3 is 2.68 bits per heavy atom. The second-order valence-corrected chi connectivity index (χ2v) is 12.2. The molecule has 1 N–H and O–H groups in total. The summed E-state index contributed by atoms with van der Waals surface area (Å²) in [6.07, 6.45) is 1.36. The summed E-state index contributed by atoms with van der Waals surface area (Å²) < 4.78 is 5.16. The van der Waals surface area contributed by atoms with Gasteiger partial charge in [0.15, 0.2) is 5.11 Å². The number of halogens is 1. The van der Waals surface area contributed by atoms with E-state index in [2.05, 4.69) is 17.4 Å². The normalized spacial score (nSPS) is 14.3. The highest BCUT2D eigenvalue weighted by Crippen LogP contribution is 2.43. The minimum atomic E-state index is -0.464. The van der Waals surface area contributed by atoms with Crippen LogP contribution in [0.5, 0.6) is 5.75 Å². The summed E-state index contributed by atoms with van der Waals surface area (Å²) >= 11 is 14.0. The van der Waals surface area contributed by atoms with E-state index in [4.69, 9.17) is 33.5 Å². The number of hydrogen-bond donors (Lipinski definition) is 1. The highest BCUT2D eigenvalue weighted by Gasteiger charge is 2.34. The molecule has 3 aromatic carbocycles. The second kappa shape index (κ2) is 12.7. The number of thiophene rings is 1. The molecule has 44 heavy (non-hydrogen) atoms. The quantitative estimate of drug-likeness (QED) is 0.139. The van der Waals surface area contributed by atoms with Crippen LogP contribution in [0.1, 0.15) is 27.1 Å². The van der Waals surface area contributed by atoms with Crippen molar-refractivity contribution in [2.75, 3.05) is 37.0 Å². The Bertz CT molecular complexity index is 1790. The third kappa shape index (κ3) is 5.90. The van der Waals surface area contributed by atoms with E-state index in [1.165, 1.54) is 13.2 Å². The minimum absolute atomic E-state index is 0.0340. The minimum Gasteiger partial charge on any atom is -0.496 e. The fourth-order valence-corrected chi connectivity index (χ4v) is 7.39. The largest absolute Gasteiger partial charge is 0.496 e. The average molecular weight is 646 g/mol. The molecule has 224 valence electrons. The molecular formula is C32H28ClN5O4S2. The number of nitro groups is 1. The van der Waals surface area contributed by atoms with Crippen LogP contribution in [0, 0.1) is 10.1 Å². The molecule has 1 aromatic heterocycles. The zero-order valence-electron chi connectivity index (χ0n) is 23.8. The average Bonchev–Trinajstić information content (AvgIpc) is 3.34. The molecule has 3 heterocycles. The number of nitrogens with zero attached hydrogens (tertiary/aromatic N) is 4. The number of nitrogens with one attached hydrogen (secondary N) is 1. The lowest BCUT2D eigenvalue weighted by molar-refractivity contribution is -0.384. The van der Waals surface area contributed by atoms with Crippen molar-refractivity contribution < 1.29 is 14.5 Å². The highest BCUT2D eigenvalue weighted by atomic mass is 35.5. The number of benzene rings is 3. The summed E-state index contributed by atoms with van der Waals surface area (Å²) in [6, 6.07) is 22.3. The topological polar surface area (TPSA) is 100 Å². The van der Waals surface area contributed by atoms with Crippen LogP contribution in [-0.2, 0) is 24.2 Å². The molecule has 0 saturated heterocycles. The number of fused-ring (bicyclic) bond motifs is 3. The van der Waals surface area contributed by atoms with Crippen molar-refractivity contribution in [3.05, 3.63) is 115 Å². The SMILES string of the molecule is COc1ccc(NC(=S)N2CCc3c(sc4c3C(c3ccccc3Cl)=NCC(=O)N4CCc3ccccc3)C2)c([N+](=O)[O-])c1. The molecule has 0 atom stereocenters. The van der Waals surface area contributed by atoms with Gasteiger partial charge >= 0.3 is 0 Å². The molecule has 6 rings (SSSR count). The van der Waals surface area contributed by atoms with Gasteiger partial charge in [-0.3, -0.25) is 19.9 Å². The van der Waals surface area contributed by atoms with Gasteiger partial charge in [-0.05, 0) is 54.4 Å². The standard InChI is InChI=1S/C32H28ClN5O4S2/c1-42-21-11-12-25(26(17-21)38(40)41)35-32(43)36-15-14-23-27(19-36)44-31-29(23)30(22-9-5-6-10-24(22)33)34-18-28(39)37(31)16-13-20-7-3-2-4-8-20/h2-12,17H,13-16,18-19H2,1H3,(H,35,43). The molecule has 4 aromatic rings. The van der Waals surface area contributed by atoms with Crippen LogP contribution in [0.2, 0.25) is 5.02 Å². The summed E-state index contributed by atoms with van der Waals surface area (Å²) in [5, 5.41) is 16.6. The van der Waals surface area contributed by atoms with E-state index in [-0.39, 0.29) is 18.1 Å². The van der Waals surface area contributed by atoms with Crippen molar-refractivity contribution in [1.82, 2.24) is 4.90 Å². The zero-order chi connectivity index (χ0) is 30.8. The number of rotatable bonds is 7. The smallest absolute Gasteiger partial charge is 0.296 e. The van der Waals surface area contributed by atoms with Crippen LogP contribution >= 0.6 is 35.2 Å². The van der Waals surface area contributed by atoms with Gasteiger partial charge < -0.3 is 19.9 Å². The molecule has 9 nitrogen and oxygen atoms in total. The van der Waals surface area contributed by atoms with E-state index in [9.17, 15) is 14.9 Å². The Hall–Kier alpha value is -4.32. The van der Waals surface area contributed by atoms with Crippen LogP contribution in [0.15, 0.2) is 77.8 Å². The van der Waals surface area contributed by atoms with Crippen molar-refractivity contribution in [3.8, 4) is 5.75 Å². The summed E-state index contributed by atoms with van der Waals surface area (Å²) in [4.78, 5) is 34.6. The number of carbonyl (C=O) groups excluding carboxylic acids is 1. The van der Waals surface area contributed by atoms with E-state index in [1.807, 2.05) is 52.3 Å². The lowest BCUT2D eigenvalue weighted by Gasteiger charge is -2.30. The summed E-state index contributed by atoms with van der Waals surface area (Å²) in [7, 11) is 1.46. The van der Waals surface area contributed by atoms with Crippen molar-refractivity contribution in [2.24, 2.45) is 4.99 Å². The number of amides is 1. The highest BCUT2D eigenvalue weighted by molar-refractivity contribution is 7.80. The maximum atomic E-state index is 13.6. The molecular weight excluding hydrogens is 618 g/mol. The van der Waals surface area contributed by atoms with Crippen molar-refractivity contribution in [2.45, 2.75) is 19.4 Å². The first-order chi connectivity index (χ1) is 21.3. The first-order valence-corrected chi connectivity index (χ1v) is 15.6. The number of ether oxygens (including phenoxy) is 1. The molecule has 0 aliphatic carbocycles. The van der Waals surface area contributed by atoms with E-state index in [0.29, 0.717) is 54.0 Å². The number of carbonyl (C=O) groups is 1. The zero-order valence-corrected chi connectivity index (χ0v) is 26.2. The number of nitro benzene ring substituents is 1. The fraction of sp³-hybridized carbons (Fsp3) is 0.219. The first-order valence-electron chi connectivity index (χ1n) is 14.0. The van der Waals surface area contributed by atoms with Crippen molar-refractivity contribution in [3.63, 3.8) is 0 Å². The number of anilines is 2. The van der Waals surface area contributed by atoms with E-state index >= 15 is 0 Å². The van der Waals surface area contributed by atoms with Gasteiger partial charge in [0.2, 0.25) is 5.91 Å². The van der Waals surface area contributed by atoms with Crippen LogP contribution < -0.4 is 15.0 Å². The molecule has 0 radical (unpaired) electrons. The van der Waals surface area contributed by atoms with Crippen LogP contribution in [0.4, 0.5) is 16.4 Å². The third-order valence-electron chi connectivity index (χ3n) is 7.72. The molecule has 2 aliphatic heterocycles. The van der Waals surface area contributed by atoms with Crippen molar-refractivity contribution in [1.29, 1.82) is 0 Å². The monoisotopic (exact) mass is 645 g/mol. The summed E-state index contributed by atoms with van der Waals surface area (Å²) in [5.74, 6) is 0.321. The lowest BCUT2D eigenvalue weighted by Crippen LogP contribution is -2.38. The molecule has 0 spiro atoms. The molecule has 0 saturated carbocycles. The van der Waals surface area contributed by atoms with Gasteiger partial charge in [-0.25, -0.2) is 0 Å².